The third-order valence-electron chi connectivity index (χ3n) is 12.6. The number of terminal acetylenes is 1. The largest absolute Gasteiger partial charge is 0.508 e. The van der Waals surface area contributed by atoms with Gasteiger partial charge in [-0.3, -0.25) is 4.90 Å². The Morgan fingerprint density at radius 2 is 2.02 bits per heavy atom. The van der Waals surface area contributed by atoms with Gasteiger partial charge in [0.25, 0.3) is 0 Å². The van der Waals surface area contributed by atoms with Crippen LogP contribution < -0.4 is 19.7 Å². The number of benzene rings is 3. The number of nitrogens with zero attached hydrogens (tertiary/aromatic N) is 4. The monoisotopic (exact) mass is 689 g/mol. The van der Waals surface area contributed by atoms with Gasteiger partial charge in [0.1, 0.15) is 35.3 Å². The van der Waals surface area contributed by atoms with E-state index in [1.54, 1.807) is 6.07 Å². The smallest absolute Gasteiger partial charge is 0.319 e. The van der Waals surface area contributed by atoms with Crippen LogP contribution in [0.2, 0.25) is 0 Å². The molecular weight excluding hydrogens is 648 g/mol. The average molecular weight is 690 g/mol. The predicted octanol–water partition coefficient (Wildman–Crippen LogP) is 6.63. The van der Waals surface area contributed by atoms with Crippen LogP contribution in [0.4, 0.5) is 14.6 Å². The molecule has 5 aliphatic heterocycles. The van der Waals surface area contributed by atoms with E-state index in [9.17, 15) is 5.11 Å². The van der Waals surface area contributed by atoms with Crippen molar-refractivity contribution in [3.63, 3.8) is 0 Å². The molecule has 3 atom stereocenters. The Hall–Kier alpha value is -4.46. The van der Waals surface area contributed by atoms with E-state index in [1.165, 1.54) is 36.6 Å². The summed E-state index contributed by atoms with van der Waals surface area (Å²) in [6.07, 6.45) is 14.6. The van der Waals surface area contributed by atoms with Gasteiger partial charge in [0.15, 0.2) is 5.82 Å². The lowest BCUT2D eigenvalue weighted by molar-refractivity contribution is 0.108. The number of phenols is 1. The lowest BCUT2D eigenvalue weighted by Crippen LogP contribution is -2.61. The van der Waals surface area contributed by atoms with Gasteiger partial charge in [-0.15, -0.1) is 6.42 Å². The number of anilines is 1. The Kier molecular flexibility index (Phi) is 6.91. The van der Waals surface area contributed by atoms with E-state index >= 15 is 8.78 Å². The number of nitrogens with one attached hydrogen (secondary N) is 1. The van der Waals surface area contributed by atoms with Crippen LogP contribution in [0.3, 0.4) is 0 Å². The number of halogens is 2. The Morgan fingerprint density at radius 1 is 1.14 bits per heavy atom. The summed E-state index contributed by atoms with van der Waals surface area (Å²) in [4.78, 5) is 14.7. The van der Waals surface area contributed by atoms with Gasteiger partial charge >= 0.3 is 6.01 Å². The van der Waals surface area contributed by atoms with Crippen molar-refractivity contribution in [2.24, 2.45) is 5.92 Å². The van der Waals surface area contributed by atoms with Gasteiger partial charge < -0.3 is 24.8 Å². The fraction of sp³-hybridized carbons (Fsp3) is 0.463. The molecular formula is C41H41F2N5O3. The van der Waals surface area contributed by atoms with E-state index in [-0.39, 0.29) is 39.5 Å². The van der Waals surface area contributed by atoms with Crippen LogP contribution in [0.5, 0.6) is 17.5 Å². The molecule has 262 valence electrons. The highest BCUT2D eigenvalue weighted by atomic mass is 19.1. The highest BCUT2D eigenvalue weighted by Gasteiger charge is 2.53. The first-order valence-corrected chi connectivity index (χ1v) is 18.4. The molecule has 1 aliphatic carbocycles. The Morgan fingerprint density at radius 3 is 2.86 bits per heavy atom. The van der Waals surface area contributed by atoms with Gasteiger partial charge in [0.05, 0.1) is 23.1 Å². The van der Waals surface area contributed by atoms with Crippen LogP contribution in [-0.4, -0.2) is 76.5 Å². The maximum Gasteiger partial charge on any atom is 0.319 e. The van der Waals surface area contributed by atoms with Gasteiger partial charge in [0.2, 0.25) is 0 Å². The normalized spacial score (nSPS) is 27.1. The van der Waals surface area contributed by atoms with Crippen LogP contribution in [0.15, 0.2) is 36.4 Å². The summed E-state index contributed by atoms with van der Waals surface area (Å²) in [7, 11) is 0. The first-order chi connectivity index (χ1) is 24.8. The molecule has 4 aromatic rings. The highest BCUT2D eigenvalue weighted by Crippen LogP contribution is 2.52. The van der Waals surface area contributed by atoms with Crippen molar-refractivity contribution in [2.45, 2.75) is 74.9 Å². The van der Waals surface area contributed by atoms with E-state index < -0.39 is 11.6 Å². The minimum absolute atomic E-state index is 0.00428. The lowest BCUT2D eigenvalue weighted by atomic mass is 9.87. The molecule has 4 saturated heterocycles. The zero-order valence-electron chi connectivity index (χ0n) is 28.7. The minimum atomic E-state index is -0.591. The topological polar surface area (TPSA) is 83.0 Å². The number of phenolic OH excluding ortho intramolecular Hbond substituents is 1. The molecule has 10 heteroatoms. The van der Waals surface area contributed by atoms with E-state index in [2.05, 4.69) is 27.6 Å². The van der Waals surface area contributed by atoms with E-state index in [0.717, 1.165) is 58.3 Å². The molecule has 0 spiro atoms. The number of aromatic hydroxyl groups is 1. The van der Waals surface area contributed by atoms with Crippen molar-refractivity contribution in [3.8, 4) is 41.0 Å². The number of aromatic nitrogens is 2. The summed E-state index contributed by atoms with van der Waals surface area (Å²) in [5, 5.41) is 16.3. The third-order valence-corrected chi connectivity index (χ3v) is 12.6. The molecule has 1 aromatic heterocycles. The number of hydrogen-bond acceptors (Lipinski definition) is 8. The van der Waals surface area contributed by atoms with E-state index in [4.69, 9.17) is 25.9 Å². The molecule has 10 rings (SSSR count). The zero-order chi connectivity index (χ0) is 34.6. The van der Waals surface area contributed by atoms with Crippen molar-refractivity contribution in [2.75, 3.05) is 44.3 Å². The summed E-state index contributed by atoms with van der Waals surface area (Å²) >= 11 is 0. The average Bonchev–Trinajstić information content (AvgIpc) is 3.77. The number of ether oxygens (including phenoxy) is 2. The second kappa shape index (κ2) is 11.3. The van der Waals surface area contributed by atoms with Crippen LogP contribution >= 0.6 is 0 Å². The molecule has 0 radical (unpaired) electrons. The summed E-state index contributed by atoms with van der Waals surface area (Å²) in [5.41, 5.74) is 2.29. The molecule has 8 nitrogen and oxygen atoms in total. The van der Waals surface area contributed by atoms with E-state index in [1.807, 2.05) is 0 Å². The summed E-state index contributed by atoms with van der Waals surface area (Å²) in [6, 6.07) is 6.25. The Bertz CT molecular complexity index is 2210. The van der Waals surface area contributed by atoms with Crippen LogP contribution in [0.25, 0.3) is 32.8 Å². The molecule has 2 bridgehead atoms. The summed E-state index contributed by atoms with van der Waals surface area (Å²) in [6.45, 7) is 8.46. The number of piperazine rings is 1. The van der Waals surface area contributed by atoms with Gasteiger partial charge in [-0.05, 0) is 99.4 Å². The standard InChI is InChI=1S/C41H41F2N5O3/c1-3-28-31(42)10-7-24-16-27(49)17-30(32(24)28)33-29-6-4-15-50-37(29)34-36(35(33)43)44-39(51-22-40-12-5-14-48(40)19-23(2)18-40)45-38(34)47-20-26-11-13-41(21-47,46-26)25-8-9-25/h1,7,10,16-17,25-26,46,49H,2,4-6,8-9,11-15,18-22H2/t26-,40-,41+/m0/s1. The highest BCUT2D eigenvalue weighted by molar-refractivity contribution is 6.07. The van der Waals surface area contributed by atoms with Crippen LogP contribution in [-0.2, 0) is 6.42 Å². The first kappa shape index (κ1) is 31.3. The molecule has 0 amide bonds. The fourth-order valence-electron chi connectivity index (χ4n) is 10.3. The Labute approximate surface area is 295 Å². The van der Waals surface area contributed by atoms with Gasteiger partial charge in [0, 0.05) is 47.7 Å². The fourth-order valence-corrected chi connectivity index (χ4v) is 10.3. The Balaban J connectivity index is 1.20. The molecule has 3 aromatic carbocycles. The lowest BCUT2D eigenvalue weighted by Gasteiger charge is -2.43. The summed E-state index contributed by atoms with van der Waals surface area (Å²) < 4.78 is 46.0. The van der Waals surface area contributed by atoms with Crippen molar-refractivity contribution >= 4 is 27.5 Å². The number of rotatable bonds is 6. The van der Waals surface area contributed by atoms with Gasteiger partial charge in [-0.2, -0.15) is 9.97 Å². The van der Waals surface area contributed by atoms with Crippen LogP contribution in [0, 0.1) is 29.9 Å². The second-order valence-electron chi connectivity index (χ2n) is 15.8. The quantitative estimate of drug-likeness (QED) is 0.173. The molecule has 6 aliphatic rings. The summed E-state index contributed by atoms with van der Waals surface area (Å²) in [5.74, 6) is 3.01. The van der Waals surface area contributed by atoms with Crippen LogP contribution in [0.1, 0.15) is 62.5 Å². The van der Waals surface area contributed by atoms with E-state index in [0.29, 0.717) is 76.9 Å². The SMILES string of the molecule is C#Cc1c(F)ccc2cc(O)cc(-c3c4c(c5c(N6C[C@@H]7CC[C@](C8CC8)(C6)N7)nc(OC[C@@]67CCCN6CC(=C)C7)nc5c3F)OCCC4)c12. The zero-order valence-corrected chi connectivity index (χ0v) is 28.7. The first-order valence-electron chi connectivity index (χ1n) is 18.4. The third kappa shape index (κ3) is 4.77. The van der Waals surface area contributed by atoms with Crippen molar-refractivity contribution < 1.29 is 23.4 Å². The van der Waals surface area contributed by atoms with Crippen molar-refractivity contribution in [1.29, 1.82) is 0 Å². The molecule has 6 heterocycles. The molecule has 5 fully saturated rings. The van der Waals surface area contributed by atoms with Gasteiger partial charge in [-0.25, -0.2) is 8.78 Å². The predicted molar refractivity (Wildman–Crippen MR) is 192 cm³/mol. The van der Waals surface area contributed by atoms with Crippen molar-refractivity contribution in [3.05, 3.63) is 59.2 Å². The molecule has 51 heavy (non-hydrogen) atoms. The maximum absolute atomic E-state index is 17.8. The molecule has 1 saturated carbocycles. The van der Waals surface area contributed by atoms with Crippen molar-refractivity contribution in [1.82, 2.24) is 20.2 Å². The molecule has 2 N–H and O–H groups in total. The number of hydrogen-bond donors (Lipinski definition) is 2. The van der Waals surface area contributed by atoms with Gasteiger partial charge in [-0.1, -0.05) is 24.1 Å². The minimum Gasteiger partial charge on any atom is -0.508 e. The molecule has 0 unspecified atom stereocenters. The maximum atomic E-state index is 17.8. The number of fused-ring (bicyclic) bond motifs is 7. The second-order valence-corrected chi connectivity index (χ2v) is 15.8.